The summed E-state index contributed by atoms with van der Waals surface area (Å²) in [5.41, 5.74) is 1.57. The maximum absolute atomic E-state index is 12.4. The first-order chi connectivity index (χ1) is 13.6. The van der Waals surface area contributed by atoms with Crippen LogP contribution in [0.1, 0.15) is 34.7 Å². The third-order valence-corrected chi connectivity index (χ3v) is 5.42. The smallest absolute Gasteiger partial charge is 0.291 e. The van der Waals surface area contributed by atoms with Crippen LogP contribution in [-0.2, 0) is 13.1 Å². The second-order valence-electron chi connectivity index (χ2n) is 6.88. The number of nitrogens with zero attached hydrogens (tertiary/aromatic N) is 3. The largest absolute Gasteiger partial charge is 0.455 e. The highest BCUT2D eigenvalue weighted by Gasteiger charge is 2.16. The number of hydrogen-bond acceptors (Lipinski definition) is 4. The van der Waals surface area contributed by atoms with Gasteiger partial charge in [-0.2, -0.15) is 5.10 Å². The van der Waals surface area contributed by atoms with Crippen LogP contribution >= 0.6 is 23.2 Å². The van der Waals surface area contributed by atoms with Crippen LogP contribution < -0.4 is 5.32 Å². The molecule has 28 heavy (non-hydrogen) atoms. The molecule has 2 aromatic heterocycles. The average molecular weight is 419 g/mol. The zero-order chi connectivity index (χ0) is 19.5. The minimum absolute atomic E-state index is 0.290. The molecule has 6 nitrogen and oxygen atoms in total. The number of likely N-dealkylation sites (tertiary alicyclic amines) is 1. The lowest BCUT2D eigenvalue weighted by atomic mass is 10.2. The van der Waals surface area contributed by atoms with Crippen LogP contribution in [0.5, 0.6) is 0 Å². The lowest BCUT2D eigenvalue weighted by molar-refractivity contribution is 0.0993. The third-order valence-electron chi connectivity index (χ3n) is 4.68. The Morgan fingerprint density at radius 1 is 1.11 bits per heavy atom. The first kappa shape index (κ1) is 19.1. The number of nitrogens with one attached hydrogen (secondary N) is 1. The van der Waals surface area contributed by atoms with Gasteiger partial charge in [0.2, 0.25) is 0 Å². The molecule has 0 radical (unpaired) electrons. The first-order valence-corrected chi connectivity index (χ1v) is 9.91. The van der Waals surface area contributed by atoms with E-state index in [1.165, 1.54) is 12.8 Å². The number of furan rings is 1. The average Bonchev–Trinajstić information content (AvgIpc) is 3.41. The Morgan fingerprint density at radius 3 is 2.71 bits per heavy atom. The van der Waals surface area contributed by atoms with E-state index in [9.17, 15) is 4.79 Å². The number of halogens is 2. The fourth-order valence-corrected chi connectivity index (χ4v) is 3.60. The highest BCUT2D eigenvalue weighted by Crippen LogP contribution is 2.23. The molecule has 4 rings (SSSR count). The molecule has 0 saturated carbocycles. The molecule has 1 saturated heterocycles. The lowest BCUT2D eigenvalue weighted by Crippen LogP contribution is -2.17. The minimum atomic E-state index is -0.290. The van der Waals surface area contributed by atoms with Gasteiger partial charge in [-0.25, -0.2) is 0 Å². The summed E-state index contributed by atoms with van der Waals surface area (Å²) >= 11 is 12.0. The molecule has 1 N–H and O–H groups in total. The Morgan fingerprint density at radius 2 is 1.93 bits per heavy atom. The van der Waals surface area contributed by atoms with E-state index in [2.05, 4.69) is 15.3 Å². The fourth-order valence-electron chi connectivity index (χ4n) is 3.28. The maximum atomic E-state index is 12.4. The van der Waals surface area contributed by atoms with Crippen LogP contribution in [0, 0.1) is 0 Å². The summed E-state index contributed by atoms with van der Waals surface area (Å²) in [6.45, 7) is 3.43. The van der Waals surface area contributed by atoms with Gasteiger partial charge in [-0.05, 0) is 55.8 Å². The molecule has 8 heteroatoms. The van der Waals surface area contributed by atoms with Crippen LogP contribution in [0.25, 0.3) is 0 Å². The molecule has 3 heterocycles. The lowest BCUT2D eigenvalue weighted by Gasteiger charge is -2.11. The van der Waals surface area contributed by atoms with Crippen molar-refractivity contribution in [3.63, 3.8) is 0 Å². The van der Waals surface area contributed by atoms with E-state index >= 15 is 0 Å². The van der Waals surface area contributed by atoms with Crippen LogP contribution in [0.3, 0.4) is 0 Å². The van der Waals surface area contributed by atoms with Gasteiger partial charge in [0.05, 0.1) is 35.0 Å². The summed E-state index contributed by atoms with van der Waals surface area (Å²) in [6, 6.07) is 9.01. The van der Waals surface area contributed by atoms with Gasteiger partial charge in [0.25, 0.3) is 5.91 Å². The SMILES string of the molecule is O=C(Nc1cnn(Cc2ccc(Cl)c(Cl)c2)c1)c1ccc(CN2CCCC2)o1. The Hall–Kier alpha value is -2.28. The number of aromatic nitrogens is 2. The molecular weight excluding hydrogens is 399 g/mol. The van der Waals surface area contributed by atoms with Crippen molar-refractivity contribution in [1.82, 2.24) is 14.7 Å². The number of carbonyl (C=O) groups excluding carboxylic acids is 1. The summed E-state index contributed by atoms with van der Waals surface area (Å²) < 4.78 is 7.42. The topological polar surface area (TPSA) is 63.3 Å². The Labute approximate surface area is 173 Å². The molecule has 0 bridgehead atoms. The second-order valence-corrected chi connectivity index (χ2v) is 7.69. The molecule has 0 aliphatic carbocycles. The Bertz CT molecular complexity index is 976. The van der Waals surface area contributed by atoms with Crippen molar-refractivity contribution in [1.29, 1.82) is 0 Å². The van der Waals surface area contributed by atoms with Crippen molar-refractivity contribution < 1.29 is 9.21 Å². The zero-order valence-electron chi connectivity index (χ0n) is 15.2. The van der Waals surface area contributed by atoms with E-state index in [4.69, 9.17) is 27.6 Å². The van der Waals surface area contributed by atoms with Crippen molar-refractivity contribution in [3.05, 3.63) is 69.9 Å². The van der Waals surface area contributed by atoms with Crippen molar-refractivity contribution in [2.45, 2.75) is 25.9 Å². The number of anilines is 1. The molecule has 1 aliphatic rings. The van der Waals surface area contributed by atoms with Gasteiger partial charge >= 0.3 is 0 Å². The first-order valence-electron chi connectivity index (χ1n) is 9.15. The molecule has 0 atom stereocenters. The Balaban J connectivity index is 1.36. The molecule has 0 spiro atoms. The monoisotopic (exact) mass is 418 g/mol. The van der Waals surface area contributed by atoms with Gasteiger partial charge in [0, 0.05) is 6.20 Å². The summed E-state index contributed by atoms with van der Waals surface area (Å²) in [5.74, 6) is 0.815. The molecule has 3 aromatic rings. The molecule has 1 fully saturated rings. The van der Waals surface area contributed by atoms with E-state index in [1.54, 1.807) is 35.3 Å². The van der Waals surface area contributed by atoms with Crippen molar-refractivity contribution in [3.8, 4) is 0 Å². The van der Waals surface area contributed by atoms with Gasteiger partial charge in [-0.3, -0.25) is 14.4 Å². The molecular formula is C20H20Cl2N4O2. The summed E-state index contributed by atoms with van der Waals surface area (Å²) in [4.78, 5) is 14.8. The standard InChI is InChI=1S/C20H20Cl2N4O2/c21-17-5-3-14(9-18(17)22)11-26-12-15(10-23-26)24-20(27)19-6-4-16(28-19)13-25-7-1-2-8-25/h3-6,9-10,12H,1-2,7-8,11,13H2,(H,24,27). The van der Waals surface area contributed by atoms with Crippen molar-refractivity contribution >= 4 is 34.8 Å². The summed E-state index contributed by atoms with van der Waals surface area (Å²) in [7, 11) is 0. The molecule has 1 aromatic carbocycles. The van der Waals surface area contributed by atoms with Crippen LogP contribution in [0.15, 0.2) is 47.1 Å². The summed E-state index contributed by atoms with van der Waals surface area (Å²) in [6.07, 6.45) is 5.80. The highest BCUT2D eigenvalue weighted by atomic mass is 35.5. The van der Waals surface area contributed by atoms with Crippen LogP contribution in [0.2, 0.25) is 10.0 Å². The molecule has 146 valence electrons. The predicted octanol–water partition coefficient (Wildman–Crippen LogP) is 4.68. The second kappa shape index (κ2) is 8.39. The maximum Gasteiger partial charge on any atom is 0.291 e. The van der Waals surface area contributed by atoms with Gasteiger partial charge in [-0.15, -0.1) is 0 Å². The minimum Gasteiger partial charge on any atom is -0.455 e. The molecule has 1 aliphatic heterocycles. The normalized spacial score (nSPS) is 14.5. The van der Waals surface area contributed by atoms with E-state index in [0.29, 0.717) is 28.0 Å². The van der Waals surface area contributed by atoms with Gasteiger partial charge < -0.3 is 9.73 Å². The number of benzene rings is 1. The number of amides is 1. The third kappa shape index (κ3) is 4.58. The van der Waals surface area contributed by atoms with Crippen molar-refractivity contribution in [2.24, 2.45) is 0 Å². The summed E-state index contributed by atoms with van der Waals surface area (Å²) in [5, 5.41) is 8.11. The van der Waals surface area contributed by atoms with Gasteiger partial charge in [0.1, 0.15) is 5.76 Å². The molecule has 1 amide bonds. The van der Waals surface area contributed by atoms with E-state index in [1.807, 2.05) is 12.1 Å². The van der Waals surface area contributed by atoms with Gasteiger partial charge in [0.15, 0.2) is 5.76 Å². The fraction of sp³-hybridized carbons (Fsp3) is 0.300. The van der Waals surface area contributed by atoms with Crippen LogP contribution in [-0.4, -0.2) is 33.7 Å². The van der Waals surface area contributed by atoms with Crippen LogP contribution in [0.4, 0.5) is 5.69 Å². The quantitative estimate of drug-likeness (QED) is 0.630. The van der Waals surface area contributed by atoms with E-state index < -0.39 is 0 Å². The highest BCUT2D eigenvalue weighted by molar-refractivity contribution is 6.42. The Kier molecular flexibility index (Phi) is 5.71. The van der Waals surface area contributed by atoms with Gasteiger partial charge in [-0.1, -0.05) is 29.3 Å². The number of rotatable bonds is 6. The number of carbonyl (C=O) groups is 1. The number of hydrogen-bond donors (Lipinski definition) is 1. The van der Waals surface area contributed by atoms with Crippen molar-refractivity contribution in [2.75, 3.05) is 18.4 Å². The van der Waals surface area contributed by atoms with E-state index in [0.717, 1.165) is 31.0 Å². The predicted molar refractivity (Wildman–Crippen MR) is 109 cm³/mol. The van der Waals surface area contributed by atoms with E-state index in [-0.39, 0.29) is 5.91 Å². The molecule has 0 unspecified atom stereocenters. The zero-order valence-corrected chi connectivity index (χ0v) is 16.7.